The van der Waals surface area contributed by atoms with Crippen molar-refractivity contribution in [2.75, 3.05) is 26.3 Å². The second-order valence-corrected chi connectivity index (χ2v) is 8.85. The van der Waals surface area contributed by atoms with Gasteiger partial charge in [-0.25, -0.2) is 4.98 Å². The SMILES string of the molecule is CC(=O)OC1C(NC(=O)c2cnc3ccccc3n2)OC(C(=O)N2CCOCC2)C(OC(C)=O)C1OC(C)=O. The Labute approximate surface area is 222 Å². The summed E-state index contributed by atoms with van der Waals surface area (Å²) in [5, 5.41) is 2.55. The third kappa shape index (κ3) is 6.64. The Hall–Kier alpha value is -4.17. The van der Waals surface area contributed by atoms with Gasteiger partial charge in [-0.05, 0) is 12.1 Å². The van der Waals surface area contributed by atoms with Gasteiger partial charge in [0.05, 0.1) is 30.4 Å². The first-order chi connectivity index (χ1) is 18.6. The molecule has 5 unspecified atom stereocenters. The fourth-order valence-electron chi connectivity index (χ4n) is 4.36. The van der Waals surface area contributed by atoms with E-state index in [1.807, 2.05) is 0 Å². The van der Waals surface area contributed by atoms with Crippen molar-refractivity contribution in [3.05, 3.63) is 36.2 Å². The van der Waals surface area contributed by atoms with Gasteiger partial charge < -0.3 is 33.9 Å². The summed E-state index contributed by atoms with van der Waals surface area (Å²) in [5.74, 6) is -3.76. The molecule has 39 heavy (non-hydrogen) atoms. The van der Waals surface area contributed by atoms with E-state index in [2.05, 4.69) is 15.3 Å². The van der Waals surface area contributed by atoms with Crippen LogP contribution in [-0.2, 0) is 42.9 Å². The summed E-state index contributed by atoms with van der Waals surface area (Å²) in [6.07, 6.45) is -6.23. The summed E-state index contributed by atoms with van der Waals surface area (Å²) in [6.45, 7) is 4.34. The molecule has 5 atom stereocenters. The molecule has 14 nitrogen and oxygen atoms in total. The van der Waals surface area contributed by atoms with Crippen molar-refractivity contribution in [2.24, 2.45) is 0 Å². The number of morpholine rings is 1. The van der Waals surface area contributed by atoms with Crippen LogP contribution in [0.15, 0.2) is 30.5 Å². The number of rotatable bonds is 6. The molecule has 0 spiro atoms. The third-order valence-corrected chi connectivity index (χ3v) is 5.96. The first-order valence-corrected chi connectivity index (χ1v) is 12.2. The zero-order valence-electron chi connectivity index (χ0n) is 21.5. The number of aromatic nitrogens is 2. The minimum absolute atomic E-state index is 0.0823. The van der Waals surface area contributed by atoms with Crippen molar-refractivity contribution in [2.45, 2.75) is 51.4 Å². The number of ether oxygens (including phenoxy) is 5. The number of nitrogens with zero attached hydrogens (tertiary/aromatic N) is 3. The molecule has 1 aromatic carbocycles. The smallest absolute Gasteiger partial charge is 0.303 e. The van der Waals surface area contributed by atoms with Crippen molar-refractivity contribution in [1.29, 1.82) is 0 Å². The Bertz CT molecular complexity index is 1260. The van der Waals surface area contributed by atoms with Gasteiger partial charge >= 0.3 is 17.9 Å². The molecule has 4 rings (SSSR count). The highest BCUT2D eigenvalue weighted by Gasteiger charge is 2.55. The lowest BCUT2D eigenvalue weighted by Crippen LogP contribution is -2.68. The number of benzene rings is 1. The summed E-state index contributed by atoms with van der Waals surface area (Å²) >= 11 is 0. The monoisotopic (exact) mass is 544 g/mol. The van der Waals surface area contributed by atoms with Gasteiger partial charge in [-0.15, -0.1) is 0 Å². The second-order valence-electron chi connectivity index (χ2n) is 8.85. The maximum absolute atomic E-state index is 13.5. The first kappa shape index (κ1) is 27.9. The van der Waals surface area contributed by atoms with Crippen LogP contribution in [0.1, 0.15) is 31.3 Å². The Morgan fingerprint density at radius 1 is 0.872 bits per heavy atom. The van der Waals surface area contributed by atoms with E-state index in [4.69, 9.17) is 23.7 Å². The third-order valence-electron chi connectivity index (χ3n) is 5.96. The molecule has 2 saturated heterocycles. The van der Waals surface area contributed by atoms with E-state index in [-0.39, 0.29) is 32.0 Å². The second kappa shape index (κ2) is 12.1. The summed E-state index contributed by atoms with van der Waals surface area (Å²) in [6, 6.07) is 6.91. The van der Waals surface area contributed by atoms with E-state index in [1.54, 1.807) is 24.3 Å². The molecule has 0 radical (unpaired) electrons. The Morgan fingerprint density at radius 3 is 2.10 bits per heavy atom. The Kier molecular flexibility index (Phi) is 8.66. The number of carbonyl (C=O) groups excluding carboxylic acids is 5. The summed E-state index contributed by atoms with van der Waals surface area (Å²) in [5.41, 5.74) is 0.941. The van der Waals surface area contributed by atoms with E-state index < -0.39 is 60.4 Å². The molecule has 0 bridgehead atoms. The van der Waals surface area contributed by atoms with E-state index in [0.717, 1.165) is 20.8 Å². The maximum atomic E-state index is 13.5. The number of nitrogens with one attached hydrogen (secondary N) is 1. The van der Waals surface area contributed by atoms with Crippen LogP contribution in [0.5, 0.6) is 0 Å². The Morgan fingerprint density at radius 2 is 1.46 bits per heavy atom. The van der Waals surface area contributed by atoms with E-state index in [1.165, 1.54) is 11.1 Å². The normalized spacial score (nSPS) is 24.9. The summed E-state index contributed by atoms with van der Waals surface area (Å²) in [4.78, 5) is 72.8. The fraction of sp³-hybridized carbons (Fsp3) is 0.480. The molecular weight excluding hydrogens is 516 g/mol. The summed E-state index contributed by atoms with van der Waals surface area (Å²) < 4.78 is 27.4. The van der Waals surface area contributed by atoms with E-state index in [9.17, 15) is 24.0 Å². The zero-order chi connectivity index (χ0) is 28.1. The van der Waals surface area contributed by atoms with Crippen molar-refractivity contribution < 1.29 is 47.7 Å². The fourth-order valence-corrected chi connectivity index (χ4v) is 4.36. The lowest BCUT2D eigenvalue weighted by Gasteiger charge is -2.45. The minimum atomic E-state index is -1.52. The number of para-hydroxylation sites is 2. The highest BCUT2D eigenvalue weighted by atomic mass is 16.7. The number of hydrogen-bond acceptors (Lipinski definition) is 12. The van der Waals surface area contributed by atoms with Crippen LogP contribution in [0, 0.1) is 0 Å². The number of carbonyl (C=O) groups is 5. The molecule has 0 aliphatic carbocycles. The highest BCUT2D eigenvalue weighted by Crippen LogP contribution is 2.29. The molecule has 2 fully saturated rings. The highest BCUT2D eigenvalue weighted by molar-refractivity contribution is 5.94. The molecule has 0 saturated carbocycles. The van der Waals surface area contributed by atoms with Crippen molar-refractivity contribution in [3.8, 4) is 0 Å². The molecule has 1 aromatic heterocycles. The molecule has 3 heterocycles. The minimum Gasteiger partial charge on any atom is -0.455 e. The predicted octanol–water partition coefficient (Wildman–Crippen LogP) is -0.262. The first-order valence-electron chi connectivity index (χ1n) is 12.2. The van der Waals surface area contributed by atoms with Crippen molar-refractivity contribution in [3.63, 3.8) is 0 Å². The molecule has 2 aliphatic heterocycles. The lowest BCUT2D eigenvalue weighted by atomic mass is 9.95. The maximum Gasteiger partial charge on any atom is 0.303 e. The van der Waals surface area contributed by atoms with E-state index in [0.29, 0.717) is 11.0 Å². The molecule has 14 heteroatoms. The van der Waals surface area contributed by atoms with Gasteiger partial charge in [0.15, 0.2) is 30.6 Å². The van der Waals surface area contributed by atoms with Crippen LogP contribution in [0.3, 0.4) is 0 Å². The molecule has 1 N–H and O–H groups in total. The van der Waals surface area contributed by atoms with Gasteiger partial charge in [-0.2, -0.15) is 0 Å². The van der Waals surface area contributed by atoms with Crippen LogP contribution in [0.4, 0.5) is 0 Å². The number of amides is 2. The van der Waals surface area contributed by atoms with Crippen molar-refractivity contribution >= 4 is 40.8 Å². The van der Waals surface area contributed by atoms with Crippen LogP contribution < -0.4 is 5.32 Å². The predicted molar refractivity (Wildman–Crippen MR) is 130 cm³/mol. The quantitative estimate of drug-likeness (QED) is 0.373. The van der Waals surface area contributed by atoms with Crippen LogP contribution in [-0.4, -0.2) is 102 Å². The summed E-state index contributed by atoms with van der Waals surface area (Å²) in [7, 11) is 0. The van der Waals surface area contributed by atoms with Gasteiger partial charge in [0.2, 0.25) is 0 Å². The topological polar surface area (TPSA) is 173 Å². The van der Waals surface area contributed by atoms with Gasteiger partial charge in [0, 0.05) is 33.9 Å². The number of fused-ring (bicyclic) bond motifs is 1. The van der Waals surface area contributed by atoms with Gasteiger partial charge in [-0.3, -0.25) is 29.0 Å². The van der Waals surface area contributed by atoms with Gasteiger partial charge in [0.25, 0.3) is 11.8 Å². The largest absolute Gasteiger partial charge is 0.455 e. The zero-order valence-corrected chi connectivity index (χ0v) is 21.5. The molecule has 2 amide bonds. The molecule has 2 aliphatic rings. The average molecular weight is 545 g/mol. The van der Waals surface area contributed by atoms with Crippen molar-refractivity contribution in [1.82, 2.24) is 20.2 Å². The standard InChI is InChI=1S/C25H28N4O10/c1-13(30)36-19-20(37-14(2)31)22(25(34)29-8-10-35-11-9-29)39-24(21(19)38-15(3)32)28-23(33)18-12-26-16-6-4-5-7-17(16)27-18/h4-7,12,19-22,24H,8-11H2,1-3H3,(H,28,33). The Balaban J connectivity index is 1.70. The number of esters is 3. The van der Waals surface area contributed by atoms with Gasteiger partial charge in [0.1, 0.15) is 5.69 Å². The van der Waals surface area contributed by atoms with Crippen LogP contribution >= 0.6 is 0 Å². The average Bonchev–Trinajstić information content (AvgIpc) is 2.90. The van der Waals surface area contributed by atoms with E-state index >= 15 is 0 Å². The molecule has 2 aromatic rings. The van der Waals surface area contributed by atoms with Crippen LogP contribution in [0.2, 0.25) is 0 Å². The molecule has 208 valence electrons. The van der Waals surface area contributed by atoms with Crippen LogP contribution in [0.25, 0.3) is 11.0 Å². The number of hydrogen-bond donors (Lipinski definition) is 1. The lowest BCUT2D eigenvalue weighted by molar-refractivity contribution is -0.249. The van der Waals surface area contributed by atoms with Gasteiger partial charge in [-0.1, -0.05) is 12.1 Å². The molecular formula is C25H28N4O10.